The molecular formula is C20H23ClF3N3O2. The van der Waals surface area contributed by atoms with Gasteiger partial charge in [0.25, 0.3) is 0 Å². The number of anilines is 2. The van der Waals surface area contributed by atoms with Crippen LogP contribution in [0.4, 0.5) is 29.5 Å². The van der Waals surface area contributed by atoms with Crippen LogP contribution >= 0.6 is 11.6 Å². The first-order chi connectivity index (χ1) is 13.5. The maximum absolute atomic E-state index is 14.1. The summed E-state index contributed by atoms with van der Waals surface area (Å²) in [5.41, 5.74) is -0.511. The van der Waals surface area contributed by atoms with E-state index in [1.807, 2.05) is 0 Å². The molecule has 0 radical (unpaired) electrons. The monoisotopic (exact) mass is 429 g/mol. The van der Waals surface area contributed by atoms with Crippen molar-refractivity contribution in [2.75, 3.05) is 22.6 Å². The van der Waals surface area contributed by atoms with Crippen LogP contribution in [0.5, 0.6) is 0 Å². The number of rotatable bonds is 6. The SMILES string of the molecule is CC(C)(C)OC(=O)N(c1ccc(NCCCl)cn1)C(c1ccccc1)C(F)(F)F. The van der Waals surface area contributed by atoms with Crippen LogP contribution in [-0.2, 0) is 4.74 Å². The summed E-state index contributed by atoms with van der Waals surface area (Å²) in [7, 11) is 0. The van der Waals surface area contributed by atoms with Gasteiger partial charge in [-0.2, -0.15) is 13.2 Å². The highest BCUT2D eigenvalue weighted by Gasteiger charge is 2.48. The van der Waals surface area contributed by atoms with Crippen molar-refractivity contribution < 1.29 is 22.7 Å². The molecule has 158 valence electrons. The molecule has 1 unspecified atom stereocenters. The molecule has 0 saturated carbocycles. The number of alkyl halides is 4. The third kappa shape index (κ3) is 6.52. The minimum Gasteiger partial charge on any atom is -0.443 e. The number of ether oxygens (including phenoxy) is 1. The van der Waals surface area contributed by atoms with Gasteiger partial charge in [-0.15, -0.1) is 11.6 Å². The quantitative estimate of drug-likeness (QED) is 0.591. The Morgan fingerprint density at radius 1 is 1.17 bits per heavy atom. The van der Waals surface area contributed by atoms with Gasteiger partial charge in [0.05, 0.1) is 11.9 Å². The van der Waals surface area contributed by atoms with Gasteiger partial charge < -0.3 is 10.1 Å². The third-order valence-electron chi connectivity index (χ3n) is 3.69. The summed E-state index contributed by atoms with van der Waals surface area (Å²) in [5.74, 6) is 0.178. The lowest BCUT2D eigenvalue weighted by Crippen LogP contribution is -2.45. The van der Waals surface area contributed by atoms with Crippen LogP contribution in [0.15, 0.2) is 48.7 Å². The molecule has 0 aliphatic carbocycles. The van der Waals surface area contributed by atoms with Crippen LogP contribution in [0, 0.1) is 0 Å². The van der Waals surface area contributed by atoms with Gasteiger partial charge in [0.2, 0.25) is 0 Å². The zero-order valence-corrected chi connectivity index (χ0v) is 17.1. The summed E-state index contributed by atoms with van der Waals surface area (Å²) in [6.07, 6.45) is -4.55. The van der Waals surface area contributed by atoms with E-state index in [4.69, 9.17) is 16.3 Å². The van der Waals surface area contributed by atoms with Crippen molar-refractivity contribution in [2.45, 2.75) is 38.6 Å². The number of nitrogens with one attached hydrogen (secondary N) is 1. The highest BCUT2D eigenvalue weighted by Crippen LogP contribution is 2.40. The zero-order valence-electron chi connectivity index (χ0n) is 16.3. The molecule has 0 fully saturated rings. The average molecular weight is 430 g/mol. The maximum Gasteiger partial charge on any atom is 0.416 e. The number of hydrogen-bond donors (Lipinski definition) is 1. The van der Waals surface area contributed by atoms with Crippen molar-refractivity contribution in [1.29, 1.82) is 0 Å². The van der Waals surface area contributed by atoms with E-state index >= 15 is 0 Å². The van der Waals surface area contributed by atoms with Crippen LogP contribution in [0.3, 0.4) is 0 Å². The highest BCUT2D eigenvalue weighted by atomic mass is 35.5. The number of amides is 1. The van der Waals surface area contributed by atoms with Gasteiger partial charge in [-0.3, -0.25) is 0 Å². The van der Waals surface area contributed by atoms with E-state index in [0.717, 1.165) is 0 Å². The number of nitrogens with zero attached hydrogens (tertiary/aromatic N) is 2. The molecule has 0 aliphatic heterocycles. The van der Waals surface area contributed by atoms with Gasteiger partial charge in [0.15, 0.2) is 6.04 Å². The molecule has 0 aliphatic rings. The van der Waals surface area contributed by atoms with Crippen molar-refractivity contribution >= 4 is 29.2 Å². The highest BCUT2D eigenvalue weighted by molar-refractivity contribution is 6.18. The smallest absolute Gasteiger partial charge is 0.416 e. The summed E-state index contributed by atoms with van der Waals surface area (Å²) in [6, 6.07) is 7.80. The van der Waals surface area contributed by atoms with Crippen LogP contribution in [-0.4, -0.2) is 35.3 Å². The second-order valence-corrected chi connectivity index (χ2v) is 7.60. The Hall–Kier alpha value is -2.48. The number of carbonyl (C=O) groups excluding carboxylic acids is 1. The summed E-state index contributed by atoms with van der Waals surface area (Å²) >= 11 is 5.62. The van der Waals surface area contributed by atoms with Crippen LogP contribution in [0.1, 0.15) is 32.4 Å². The fraction of sp³-hybridized carbons (Fsp3) is 0.400. The van der Waals surface area contributed by atoms with E-state index < -0.39 is 23.9 Å². The average Bonchev–Trinajstić information content (AvgIpc) is 2.63. The normalized spacial score (nSPS) is 12.9. The molecule has 1 atom stereocenters. The summed E-state index contributed by atoms with van der Waals surface area (Å²) < 4.78 is 47.5. The molecule has 1 N–H and O–H groups in total. The lowest BCUT2D eigenvalue weighted by molar-refractivity contribution is -0.150. The minimum atomic E-state index is -4.75. The Bertz CT molecular complexity index is 793. The van der Waals surface area contributed by atoms with Gasteiger partial charge >= 0.3 is 12.3 Å². The molecular weight excluding hydrogens is 407 g/mol. The molecule has 2 rings (SSSR count). The van der Waals surface area contributed by atoms with E-state index in [0.29, 0.717) is 23.0 Å². The largest absolute Gasteiger partial charge is 0.443 e. The van der Waals surface area contributed by atoms with E-state index in [1.54, 1.807) is 26.8 Å². The van der Waals surface area contributed by atoms with Crippen molar-refractivity contribution in [2.24, 2.45) is 0 Å². The van der Waals surface area contributed by atoms with Gasteiger partial charge in [-0.1, -0.05) is 30.3 Å². The summed E-state index contributed by atoms with van der Waals surface area (Å²) in [5, 5.41) is 2.97. The van der Waals surface area contributed by atoms with Gasteiger partial charge in [0, 0.05) is 12.4 Å². The standard InChI is InChI=1S/C20H23ClF3N3O2/c1-19(2,3)29-18(28)27(16-10-9-15(13-26-16)25-12-11-21)17(20(22,23)24)14-7-5-4-6-8-14/h4-10,13,17,25H,11-12H2,1-3H3. The Kier molecular flexibility index (Phi) is 7.35. The van der Waals surface area contributed by atoms with Crippen molar-refractivity contribution in [3.63, 3.8) is 0 Å². The first-order valence-corrected chi connectivity index (χ1v) is 9.46. The fourth-order valence-corrected chi connectivity index (χ4v) is 2.68. The molecule has 5 nitrogen and oxygen atoms in total. The third-order valence-corrected chi connectivity index (χ3v) is 3.88. The number of pyridine rings is 1. The van der Waals surface area contributed by atoms with Crippen molar-refractivity contribution in [3.8, 4) is 0 Å². The predicted molar refractivity (Wildman–Crippen MR) is 107 cm³/mol. The summed E-state index contributed by atoms with van der Waals surface area (Å²) in [6.45, 7) is 5.22. The molecule has 0 spiro atoms. The minimum absolute atomic E-state index is 0.1000. The van der Waals surface area contributed by atoms with Crippen LogP contribution < -0.4 is 10.2 Å². The Morgan fingerprint density at radius 2 is 1.83 bits per heavy atom. The lowest BCUT2D eigenvalue weighted by atomic mass is 10.0. The Morgan fingerprint density at radius 3 is 2.31 bits per heavy atom. The fourth-order valence-electron chi connectivity index (χ4n) is 2.59. The van der Waals surface area contributed by atoms with Gasteiger partial charge in [-0.05, 0) is 38.5 Å². The van der Waals surface area contributed by atoms with Gasteiger partial charge in [0.1, 0.15) is 11.4 Å². The first-order valence-electron chi connectivity index (χ1n) is 8.92. The molecule has 1 aromatic heterocycles. The van der Waals surface area contributed by atoms with E-state index in [1.165, 1.54) is 42.6 Å². The second kappa shape index (κ2) is 9.35. The van der Waals surface area contributed by atoms with E-state index in [9.17, 15) is 18.0 Å². The topological polar surface area (TPSA) is 54.5 Å². The van der Waals surface area contributed by atoms with Crippen LogP contribution in [0.2, 0.25) is 0 Å². The molecule has 1 amide bonds. The summed E-state index contributed by atoms with van der Waals surface area (Å²) in [4.78, 5) is 17.4. The number of aromatic nitrogens is 1. The lowest BCUT2D eigenvalue weighted by Gasteiger charge is -2.34. The molecule has 0 bridgehead atoms. The van der Waals surface area contributed by atoms with Gasteiger partial charge in [-0.25, -0.2) is 14.7 Å². The number of carbonyl (C=O) groups is 1. The second-order valence-electron chi connectivity index (χ2n) is 7.23. The van der Waals surface area contributed by atoms with Crippen LogP contribution in [0.25, 0.3) is 0 Å². The zero-order chi connectivity index (χ0) is 21.7. The molecule has 0 saturated heterocycles. The molecule has 1 aromatic carbocycles. The Balaban J connectivity index is 2.52. The van der Waals surface area contributed by atoms with E-state index in [2.05, 4.69) is 10.3 Å². The molecule has 1 heterocycles. The number of hydrogen-bond acceptors (Lipinski definition) is 4. The molecule has 9 heteroatoms. The predicted octanol–water partition coefficient (Wildman–Crippen LogP) is 5.78. The molecule has 29 heavy (non-hydrogen) atoms. The Labute approximate surface area is 172 Å². The maximum atomic E-state index is 14.1. The number of halogens is 4. The number of benzene rings is 1. The van der Waals surface area contributed by atoms with Crippen molar-refractivity contribution in [1.82, 2.24) is 4.98 Å². The van der Waals surface area contributed by atoms with Crippen molar-refractivity contribution in [3.05, 3.63) is 54.2 Å². The molecule has 2 aromatic rings. The first kappa shape index (κ1) is 22.8. The van der Waals surface area contributed by atoms with E-state index in [-0.39, 0.29) is 11.4 Å².